The van der Waals surface area contributed by atoms with E-state index in [1.165, 1.54) is 10.4 Å². The summed E-state index contributed by atoms with van der Waals surface area (Å²) < 4.78 is 5.33. The number of ether oxygens (including phenoxy) is 1. The van der Waals surface area contributed by atoms with Crippen molar-refractivity contribution in [2.45, 2.75) is 26.8 Å². The molecule has 0 N–H and O–H groups in total. The van der Waals surface area contributed by atoms with Gasteiger partial charge in [-0.1, -0.05) is 18.5 Å². The summed E-state index contributed by atoms with van der Waals surface area (Å²) in [5.41, 5.74) is 2.14. The number of rotatable bonds is 5. The maximum Gasteiger partial charge on any atom is 0.263 e. The Kier molecular flexibility index (Phi) is 5.48. The standard InChI is InChI=1S/C17H20ClNO2S/c1-5-12-9-16(22-11(12)2)17(20)19(3)10-13-8-14(18)6-7-15(13)21-4/h6-9H,5,10H2,1-4H3. The third kappa shape index (κ3) is 3.62. The highest BCUT2D eigenvalue weighted by Gasteiger charge is 2.17. The number of aryl methyl sites for hydroxylation is 2. The van der Waals surface area contributed by atoms with E-state index in [1.807, 2.05) is 18.2 Å². The Labute approximate surface area is 140 Å². The van der Waals surface area contributed by atoms with Gasteiger partial charge in [-0.15, -0.1) is 11.3 Å². The molecule has 0 atom stereocenters. The molecular formula is C17H20ClNO2S. The summed E-state index contributed by atoms with van der Waals surface area (Å²) in [6.45, 7) is 4.62. The molecule has 1 aromatic carbocycles. The van der Waals surface area contributed by atoms with E-state index in [9.17, 15) is 4.79 Å². The highest BCUT2D eigenvalue weighted by atomic mass is 35.5. The SMILES string of the molecule is CCc1cc(C(=O)N(C)Cc2cc(Cl)ccc2OC)sc1C. The number of benzene rings is 1. The van der Waals surface area contributed by atoms with Gasteiger partial charge in [-0.05, 0) is 43.2 Å². The van der Waals surface area contributed by atoms with Crippen molar-refractivity contribution in [1.29, 1.82) is 0 Å². The van der Waals surface area contributed by atoms with Crippen LogP contribution in [0.5, 0.6) is 5.75 Å². The summed E-state index contributed by atoms with van der Waals surface area (Å²) in [4.78, 5) is 16.3. The molecule has 0 fully saturated rings. The van der Waals surface area contributed by atoms with Gasteiger partial charge >= 0.3 is 0 Å². The second-order valence-electron chi connectivity index (χ2n) is 5.16. The van der Waals surface area contributed by atoms with E-state index in [4.69, 9.17) is 16.3 Å². The molecule has 0 saturated heterocycles. The van der Waals surface area contributed by atoms with Crippen molar-refractivity contribution in [3.05, 3.63) is 50.2 Å². The van der Waals surface area contributed by atoms with Crippen LogP contribution in [-0.2, 0) is 13.0 Å². The molecule has 1 aromatic heterocycles. The third-order valence-electron chi connectivity index (χ3n) is 3.61. The summed E-state index contributed by atoms with van der Waals surface area (Å²) in [5, 5.41) is 0.636. The zero-order valence-corrected chi connectivity index (χ0v) is 14.8. The van der Waals surface area contributed by atoms with Crippen LogP contribution >= 0.6 is 22.9 Å². The van der Waals surface area contributed by atoms with Gasteiger partial charge in [0.15, 0.2) is 0 Å². The number of thiophene rings is 1. The number of hydrogen-bond acceptors (Lipinski definition) is 3. The molecule has 2 aromatic rings. The van der Waals surface area contributed by atoms with Crippen molar-refractivity contribution in [3.63, 3.8) is 0 Å². The van der Waals surface area contributed by atoms with Crippen LogP contribution in [0, 0.1) is 6.92 Å². The summed E-state index contributed by atoms with van der Waals surface area (Å²) in [7, 11) is 3.41. The minimum atomic E-state index is 0.0230. The fourth-order valence-electron chi connectivity index (χ4n) is 2.36. The van der Waals surface area contributed by atoms with Gasteiger partial charge in [0, 0.05) is 29.1 Å². The van der Waals surface area contributed by atoms with E-state index < -0.39 is 0 Å². The van der Waals surface area contributed by atoms with E-state index in [0.717, 1.165) is 22.6 Å². The summed E-state index contributed by atoms with van der Waals surface area (Å²) in [5.74, 6) is 0.760. The van der Waals surface area contributed by atoms with Gasteiger partial charge in [0.05, 0.1) is 12.0 Å². The van der Waals surface area contributed by atoms with Crippen LogP contribution in [0.15, 0.2) is 24.3 Å². The predicted molar refractivity (Wildman–Crippen MR) is 92.2 cm³/mol. The van der Waals surface area contributed by atoms with Crippen LogP contribution in [0.4, 0.5) is 0 Å². The average molecular weight is 338 g/mol. The molecular weight excluding hydrogens is 318 g/mol. The zero-order chi connectivity index (χ0) is 16.3. The number of nitrogens with zero attached hydrogens (tertiary/aromatic N) is 1. The highest BCUT2D eigenvalue weighted by molar-refractivity contribution is 7.14. The Bertz CT molecular complexity index is 681. The highest BCUT2D eigenvalue weighted by Crippen LogP contribution is 2.26. The van der Waals surface area contributed by atoms with Gasteiger partial charge in [0.1, 0.15) is 5.75 Å². The van der Waals surface area contributed by atoms with Crippen LogP contribution in [0.2, 0.25) is 5.02 Å². The van der Waals surface area contributed by atoms with Crippen LogP contribution in [0.3, 0.4) is 0 Å². The minimum Gasteiger partial charge on any atom is -0.496 e. The number of carbonyl (C=O) groups is 1. The van der Waals surface area contributed by atoms with Crippen LogP contribution in [0.25, 0.3) is 0 Å². The van der Waals surface area contributed by atoms with Gasteiger partial charge in [-0.25, -0.2) is 0 Å². The lowest BCUT2D eigenvalue weighted by molar-refractivity contribution is 0.0789. The van der Waals surface area contributed by atoms with E-state index in [2.05, 4.69) is 13.8 Å². The van der Waals surface area contributed by atoms with Gasteiger partial charge in [-0.2, -0.15) is 0 Å². The van der Waals surface area contributed by atoms with E-state index in [0.29, 0.717) is 11.6 Å². The Morgan fingerprint density at radius 3 is 2.64 bits per heavy atom. The Hall–Kier alpha value is -1.52. The smallest absolute Gasteiger partial charge is 0.263 e. The van der Waals surface area contributed by atoms with Crippen molar-refractivity contribution in [2.75, 3.05) is 14.2 Å². The molecule has 1 amide bonds. The van der Waals surface area contributed by atoms with Gasteiger partial charge in [-0.3, -0.25) is 4.79 Å². The predicted octanol–water partition coefficient (Wildman–Crippen LogP) is 4.55. The second-order valence-corrected chi connectivity index (χ2v) is 6.86. The number of methoxy groups -OCH3 is 1. The molecule has 1 heterocycles. The minimum absolute atomic E-state index is 0.0230. The molecule has 0 aliphatic carbocycles. The van der Waals surface area contributed by atoms with Crippen molar-refractivity contribution >= 4 is 28.8 Å². The second kappa shape index (κ2) is 7.16. The van der Waals surface area contributed by atoms with E-state index in [-0.39, 0.29) is 5.91 Å². The van der Waals surface area contributed by atoms with E-state index in [1.54, 1.807) is 36.5 Å². The molecule has 0 spiro atoms. The summed E-state index contributed by atoms with van der Waals surface area (Å²) in [6.07, 6.45) is 0.946. The van der Waals surface area contributed by atoms with Gasteiger partial charge < -0.3 is 9.64 Å². The van der Waals surface area contributed by atoms with Gasteiger partial charge in [0.25, 0.3) is 5.91 Å². The lowest BCUT2D eigenvalue weighted by Crippen LogP contribution is -2.25. The summed E-state index contributed by atoms with van der Waals surface area (Å²) >= 11 is 7.59. The molecule has 3 nitrogen and oxygen atoms in total. The van der Waals surface area contributed by atoms with Crippen LogP contribution in [-0.4, -0.2) is 25.0 Å². The maximum atomic E-state index is 12.6. The molecule has 5 heteroatoms. The van der Waals surface area contributed by atoms with Crippen molar-refractivity contribution in [1.82, 2.24) is 4.90 Å². The first-order chi connectivity index (χ1) is 10.5. The first kappa shape index (κ1) is 16.8. The first-order valence-corrected chi connectivity index (χ1v) is 8.32. The molecule has 0 saturated carbocycles. The molecule has 0 aliphatic heterocycles. The number of halogens is 1. The van der Waals surface area contributed by atoms with Gasteiger partial charge in [0.2, 0.25) is 0 Å². The Morgan fingerprint density at radius 2 is 2.05 bits per heavy atom. The van der Waals surface area contributed by atoms with Crippen LogP contribution in [0.1, 0.15) is 32.6 Å². The van der Waals surface area contributed by atoms with Crippen molar-refractivity contribution < 1.29 is 9.53 Å². The molecule has 0 aliphatic rings. The fraction of sp³-hybridized carbons (Fsp3) is 0.353. The molecule has 22 heavy (non-hydrogen) atoms. The average Bonchev–Trinajstić information content (AvgIpc) is 2.87. The molecule has 0 unspecified atom stereocenters. The first-order valence-electron chi connectivity index (χ1n) is 7.13. The topological polar surface area (TPSA) is 29.5 Å². The fourth-order valence-corrected chi connectivity index (χ4v) is 3.67. The quantitative estimate of drug-likeness (QED) is 0.800. The summed E-state index contributed by atoms with van der Waals surface area (Å²) in [6, 6.07) is 7.43. The van der Waals surface area contributed by atoms with Crippen molar-refractivity contribution in [2.24, 2.45) is 0 Å². The van der Waals surface area contributed by atoms with E-state index >= 15 is 0 Å². The normalized spacial score (nSPS) is 10.6. The van der Waals surface area contributed by atoms with Crippen LogP contribution < -0.4 is 4.74 Å². The lowest BCUT2D eigenvalue weighted by Gasteiger charge is -2.18. The molecule has 0 bridgehead atoms. The Balaban J connectivity index is 2.19. The Morgan fingerprint density at radius 1 is 1.32 bits per heavy atom. The largest absolute Gasteiger partial charge is 0.496 e. The molecule has 0 radical (unpaired) electrons. The number of hydrogen-bond donors (Lipinski definition) is 0. The monoisotopic (exact) mass is 337 g/mol. The number of amides is 1. The lowest BCUT2D eigenvalue weighted by atomic mass is 10.1. The molecule has 118 valence electrons. The molecule has 2 rings (SSSR count). The van der Waals surface area contributed by atoms with Crippen molar-refractivity contribution in [3.8, 4) is 5.75 Å². The third-order valence-corrected chi connectivity index (χ3v) is 4.92. The maximum absolute atomic E-state index is 12.6. The number of carbonyl (C=O) groups excluding carboxylic acids is 1. The zero-order valence-electron chi connectivity index (χ0n) is 13.3.